The molecule has 0 spiro atoms. The van der Waals surface area contributed by atoms with Crippen molar-refractivity contribution in [3.63, 3.8) is 0 Å². The molecule has 1 aliphatic heterocycles. The maximum atomic E-state index is 13.9. The van der Waals surface area contributed by atoms with E-state index in [1.165, 1.54) is 19.0 Å². The van der Waals surface area contributed by atoms with Crippen molar-refractivity contribution in [3.8, 4) is 5.75 Å². The summed E-state index contributed by atoms with van der Waals surface area (Å²) in [6.45, 7) is 0.0709. The van der Waals surface area contributed by atoms with Gasteiger partial charge in [0, 0.05) is 32.3 Å². The number of hydrogen-bond donors (Lipinski definition) is 3. The molecule has 0 saturated carbocycles. The number of halogens is 6. The second-order valence-electron chi connectivity index (χ2n) is 6.25. The second kappa shape index (κ2) is 9.21. The number of anilines is 1. The molecular weight excluding hydrogens is 500 g/mol. The molecule has 2 amide bonds. The summed E-state index contributed by atoms with van der Waals surface area (Å²) in [6, 6.07) is 2.83. The van der Waals surface area contributed by atoms with Gasteiger partial charge in [-0.05, 0) is 28.1 Å². The van der Waals surface area contributed by atoms with E-state index in [0.717, 1.165) is 18.2 Å². The van der Waals surface area contributed by atoms with Crippen LogP contribution in [0.3, 0.4) is 0 Å². The number of carbonyl (C=O) groups excluding carboxylic acids is 2. The Morgan fingerprint density at radius 1 is 1.40 bits per heavy atom. The number of benzene rings is 1. The van der Waals surface area contributed by atoms with Gasteiger partial charge in [0.2, 0.25) is 11.8 Å². The van der Waals surface area contributed by atoms with Crippen LogP contribution in [0.5, 0.6) is 5.75 Å². The number of nitrogens with one attached hydrogen (secondary N) is 3. The summed E-state index contributed by atoms with van der Waals surface area (Å²) >= 11 is 8.81. The average molecular weight is 516 g/mol. The van der Waals surface area contributed by atoms with Crippen LogP contribution in [-0.4, -0.2) is 48.9 Å². The largest absolute Gasteiger partial charge is 0.573 e. The van der Waals surface area contributed by atoms with Gasteiger partial charge in [0.15, 0.2) is 11.6 Å². The number of allylic oxidation sites excluding steroid dienone is 1. The summed E-state index contributed by atoms with van der Waals surface area (Å²) in [5.41, 5.74) is -0.309. The van der Waals surface area contributed by atoms with Crippen LogP contribution in [0.25, 0.3) is 0 Å². The molecule has 30 heavy (non-hydrogen) atoms. The molecule has 0 radical (unpaired) electrons. The average Bonchev–Trinajstić information content (AvgIpc) is 2.92. The Hall–Kier alpha value is -2.34. The van der Waals surface area contributed by atoms with Crippen molar-refractivity contribution in [3.05, 3.63) is 34.2 Å². The number of nitrogens with zero attached hydrogens (tertiary/aromatic N) is 1. The molecule has 1 heterocycles. The monoisotopic (exact) mass is 514 g/mol. The molecule has 1 saturated heterocycles. The molecule has 0 aromatic heterocycles. The zero-order chi connectivity index (χ0) is 22.8. The van der Waals surface area contributed by atoms with Gasteiger partial charge in [-0.25, -0.2) is 4.39 Å². The quantitative estimate of drug-likeness (QED) is 0.308. The highest BCUT2D eigenvalue weighted by atomic mass is 79.9. The molecule has 13 heteroatoms. The molecule has 0 bridgehead atoms. The minimum Gasteiger partial charge on any atom is -0.400 e. The molecule has 164 valence electrons. The summed E-state index contributed by atoms with van der Waals surface area (Å²) < 4.78 is 55.5. The minimum atomic E-state index is -5.19. The number of para-hydroxylation sites is 1. The fourth-order valence-corrected chi connectivity index (χ4v) is 3.66. The fraction of sp³-hybridized carbons (Fsp3) is 0.353. The van der Waals surface area contributed by atoms with Gasteiger partial charge in [-0.2, -0.15) is 0 Å². The minimum absolute atomic E-state index is 0.0709. The van der Waals surface area contributed by atoms with E-state index in [1.807, 2.05) is 0 Å². The highest BCUT2D eigenvalue weighted by Crippen LogP contribution is 2.36. The van der Waals surface area contributed by atoms with Crippen LogP contribution in [0.1, 0.15) is 0 Å². The maximum Gasteiger partial charge on any atom is 0.573 e. The predicted octanol–water partition coefficient (Wildman–Crippen LogP) is 3.41. The third kappa shape index (κ3) is 5.22. The zero-order valence-corrected chi connectivity index (χ0v) is 17.9. The number of alkyl halides is 3. The molecule has 2 atom stereocenters. The van der Waals surface area contributed by atoms with Crippen LogP contribution in [0.4, 0.5) is 23.2 Å². The topological polar surface area (TPSA) is 94.5 Å². The Balaban J connectivity index is 2.42. The lowest BCUT2D eigenvalue weighted by atomic mass is 9.91. The lowest BCUT2D eigenvalue weighted by molar-refractivity contribution is -0.275. The highest BCUT2D eigenvalue weighted by molar-refractivity contribution is 9.12. The van der Waals surface area contributed by atoms with E-state index in [-0.39, 0.29) is 21.9 Å². The summed E-state index contributed by atoms with van der Waals surface area (Å²) in [5.74, 6) is -6.32. The second-order valence-corrected chi connectivity index (χ2v) is 7.42. The van der Waals surface area contributed by atoms with Gasteiger partial charge in [-0.1, -0.05) is 17.7 Å². The third-order valence-corrected chi connectivity index (χ3v) is 5.55. The first-order chi connectivity index (χ1) is 13.9. The van der Waals surface area contributed by atoms with Gasteiger partial charge in [0.05, 0.1) is 10.2 Å². The van der Waals surface area contributed by atoms with E-state index >= 15 is 0 Å². The summed E-state index contributed by atoms with van der Waals surface area (Å²) in [5, 5.41) is 12.1. The molecule has 1 aromatic rings. The number of likely N-dealkylation sites (tertiary alicyclic amines) is 1. The Bertz CT molecular complexity index is 909. The van der Waals surface area contributed by atoms with Gasteiger partial charge >= 0.3 is 6.36 Å². The first kappa shape index (κ1) is 23.9. The van der Waals surface area contributed by atoms with Crippen molar-refractivity contribution in [1.82, 2.24) is 10.2 Å². The molecule has 2 rings (SSSR count). The molecular formula is C17H16BrClF4N4O3. The van der Waals surface area contributed by atoms with Gasteiger partial charge in [-0.15, -0.1) is 13.2 Å². The van der Waals surface area contributed by atoms with Gasteiger partial charge in [-0.3, -0.25) is 15.0 Å². The van der Waals surface area contributed by atoms with Crippen molar-refractivity contribution in [1.29, 1.82) is 5.41 Å². The van der Waals surface area contributed by atoms with Crippen LogP contribution in [0.15, 0.2) is 28.4 Å². The van der Waals surface area contributed by atoms with E-state index in [2.05, 4.69) is 31.3 Å². The lowest BCUT2D eigenvalue weighted by Crippen LogP contribution is -2.36. The fourth-order valence-electron chi connectivity index (χ4n) is 3.07. The first-order valence-electron chi connectivity index (χ1n) is 8.29. The van der Waals surface area contributed by atoms with Crippen molar-refractivity contribution in [2.24, 2.45) is 11.8 Å². The number of ether oxygens (including phenoxy) is 1. The molecule has 0 unspecified atom stereocenters. The number of hydrogen-bond acceptors (Lipinski definition) is 5. The van der Waals surface area contributed by atoms with Crippen molar-refractivity contribution >= 4 is 50.2 Å². The highest BCUT2D eigenvalue weighted by Gasteiger charge is 2.46. The molecule has 3 N–H and O–H groups in total. The van der Waals surface area contributed by atoms with E-state index in [1.54, 1.807) is 0 Å². The lowest BCUT2D eigenvalue weighted by Gasteiger charge is -2.21. The number of rotatable bonds is 6. The molecule has 1 aromatic carbocycles. The third-order valence-electron chi connectivity index (χ3n) is 4.31. The zero-order valence-electron chi connectivity index (χ0n) is 15.5. The number of carbonyl (C=O) groups is 2. The first-order valence-corrected chi connectivity index (χ1v) is 9.46. The van der Waals surface area contributed by atoms with E-state index in [9.17, 15) is 27.2 Å². The van der Waals surface area contributed by atoms with Crippen LogP contribution >= 0.6 is 27.5 Å². The Kier molecular flexibility index (Phi) is 7.35. The summed E-state index contributed by atoms with van der Waals surface area (Å²) in [6.07, 6.45) is -5.19. The summed E-state index contributed by atoms with van der Waals surface area (Å²) in [4.78, 5) is 26.7. The predicted molar refractivity (Wildman–Crippen MR) is 105 cm³/mol. The molecule has 0 aliphatic carbocycles. The van der Waals surface area contributed by atoms with Crippen LogP contribution in [0.2, 0.25) is 0 Å². The van der Waals surface area contributed by atoms with Crippen molar-refractivity contribution < 1.29 is 31.9 Å². The standard InChI is InChI=1S/C17H16BrClF4N4O3/c1-25-12(11(18)14(19)24)7-6-27(2)16(29)10(7)15(28)26-9-5-3-4-8(20)13(9)30-17(21,22)23/h3-5,7,10,24-25H,6H2,1-2H3,(H,26,28)/t7-,10-/m0/s1. The van der Waals surface area contributed by atoms with Gasteiger partial charge < -0.3 is 20.3 Å². The van der Waals surface area contributed by atoms with Crippen molar-refractivity contribution in [2.75, 3.05) is 26.0 Å². The van der Waals surface area contributed by atoms with Crippen molar-refractivity contribution in [2.45, 2.75) is 6.36 Å². The van der Waals surface area contributed by atoms with E-state index in [4.69, 9.17) is 17.0 Å². The Labute approximate surface area is 182 Å². The molecule has 1 fully saturated rings. The Morgan fingerprint density at radius 3 is 2.57 bits per heavy atom. The number of amides is 2. The summed E-state index contributed by atoms with van der Waals surface area (Å²) in [7, 11) is 2.94. The molecule has 1 aliphatic rings. The van der Waals surface area contributed by atoms with E-state index < -0.39 is 47.3 Å². The maximum absolute atomic E-state index is 13.9. The smallest absolute Gasteiger partial charge is 0.400 e. The van der Waals surface area contributed by atoms with Crippen LogP contribution < -0.4 is 15.4 Å². The van der Waals surface area contributed by atoms with Crippen LogP contribution in [0, 0.1) is 23.1 Å². The van der Waals surface area contributed by atoms with Crippen LogP contribution in [-0.2, 0) is 9.59 Å². The van der Waals surface area contributed by atoms with E-state index in [0.29, 0.717) is 0 Å². The Morgan fingerprint density at radius 2 is 2.03 bits per heavy atom. The van der Waals surface area contributed by atoms with Gasteiger partial charge in [0.25, 0.3) is 0 Å². The normalized spacial score (nSPS) is 20.0. The van der Waals surface area contributed by atoms with Gasteiger partial charge in [0.1, 0.15) is 11.1 Å². The molecule has 7 nitrogen and oxygen atoms in total. The SMILES string of the molecule is CNC(=C(Br)C(=N)Cl)[C@H]1CN(C)C(=O)[C@@H]1C(=O)Nc1cccc(F)c1OC(F)(F)F.